The van der Waals surface area contributed by atoms with E-state index >= 15 is 0 Å². The van der Waals surface area contributed by atoms with Crippen LogP contribution in [0, 0.1) is 36.0 Å². The molecular weight excluding hydrogens is 460 g/mol. The third-order valence-corrected chi connectivity index (χ3v) is 3.72. The number of aromatic hydroxyl groups is 1. The molecule has 0 aliphatic rings. The molecule has 0 fully saturated rings. The van der Waals surface area contributed by atoms with Gasteiger partial charge in [0.15, 0.2) is 23.3 Å². The van der Waals surface area contributed by atoms with Crippen LogP contribution < -0.4 is 0 Å². The number of aryl methyl sites for hydroxylation is 1. The summed E-state index contributed by atoms with van der Waals surface area (Å²) in [6.45, 7) is 7.39. The molecule has 0 aliphatic carbocycles. The number of rotatable bonds is 2. The van der Waals surface area contributed by atoms with Crippen LogP contribution in [-0.4, -0.2) is 11.3 Å². The molecule has 2 aromatic rings. The van der Waals surface area contributed by atoms with Crippen LogP contribution in [0.5, 0.6) is 5.75 Å². The standard InChI is InChI=1S/C18H16F5NO.2ClH.Ti/c1-8-5-10(18(2,3)4)6-9(17(8)25)7-24-16-14(22)12(20)11(19)13(21)15(16)23;;;/h5-7,25H,1-4H3;2*1H;/q;;;+2/p-2. The van der Waals surface area contributed by atoms with Gasteiger partial charge in [-0.15, -0.1) is 0 Å². The van der Waals surface area contributed by atoms with Gasteiger partial charge < -0.3 is 5.11 Å². The van der Waals surface area contributed by atoms with E-state index < -0.39 is 51.8 Å². The van der Waals surface area contributed by atoms with Crippen LogP contribution in [0.15, 0.2) is 17.1 Å². The monoisotopic (exact) mass is 475 g/mol. The zero-order chi connectivity index (χ0) is 21.8. The van der Waals surface area contributed by atoms with Gasteiger partial charge in [-0.1, -0.05) is 26.8 Å². The van der Waals surface area contributed by atoms with Gasteiger partial charge in [-0.3, -0.25) is 0 Å². The Morgan fingerprint density at radius 1 is 0.929 bits per heavy atom. The molecular formula is C18H16Cl2F5NOTi. The van der Waals surface area contributed by atoms with Crippen LogP contribution in [0.25, 0.3) is 0 Å². The number of nitrogens with zero attached hydrogens (tertiary/aromatic N) is 1. The Bertz CT molecular complexity index is 872. The van der Waals surface area contributed by atoms with E-state index in [1.165, 1.54) is 6.07 Å². The predicted octanol–water partition coefficient (Wildman–Crippen LogP) is 6.82. The Kier molecular flexibility index (Phi) is 8.94. The zero-order valence-corrected chi connectivity index (χ0v) is 18.3. The van der Waals surface area contributed by atoms with Crippen LogP contribution in [0.1, 0.15) is 37.5 Å². The first-order valence-corrected chi connectivity index (χ1v) is 12.0. The number of phenols is 1. The third-order valence-electron chi connectivity index (χ3n) is 3.72. The number of hydrogen-bond donors (Lipinski definition) is 1. The fourth-order valence-corrected chi connectivity index (χ4v) is 2.18. The van der Waals surface area contributed by atoms with Gasteiger partial charge in [0, 0.05) is 11.8 Å². The number of aliphatic imine (C=N–C) groups is 1. The van der Waals surface area contributed by atoms with Crippen molar-refractivity contribution in [1.29, 1.82) is 0 Å². The van der Waals surface area contributed by atoms with Crippen LogP contribution in [0.2, 0.25) is 0 Å². The van der Waals surface area contributed by atoms with Crippen molar-refractivity contribution in [2.24, 2.45) is 4.99 Å². The first kappa shape index (κ1) is 24.9. The van der Waals surface area contributed by atoms with Crippen molar-refractivity contribution in [3.05, 3.63) is 57.9 Å². The summed E-state index contributed by atoms with van der Waals surface area (Å²) in [5.41, 5.74) is -0.192. The van der Waals surface area contributed by atoms with Gasteiger partial charge in [-0.25, -0.2) is 26.9 Å². The van der Waals surface area contributed by atoms with Gasteiger partial charge in [0.05, 0.1) is 0 Å². The average molecular weight is 476 g/mol. The molecule has 0 bridgehead atoms. The fraction of sp³-hybridized carbons (Fsp3) is 0.278. The summed E-state index contributed by atoms with van der Waals surface area (Å²) in [5.74, 6) is -10.7. The first-order valence-electron chi connectivity index (χ1n) is 7.72. The van der Waals surface area contributed by atoms with Crippen molar-refractivity contribution in [2.75, 3.05) is 0 Å². The van der Waals surface area contributed by atoms with E-state index in [1.807, 2.05) is 20.8 Å². The predicted molar refractivity (Wildman–Crippen MR) is 96.7 cm³/mol. The maximum absolute atomic E-state index is 13.7. The van der Waals surface area contributed by atoms with Crippen molar-refractivity contribution < 1.29 is 44.1 Å². The van der Waals surface area contributed by atoms with Gasteiger partial charge in [-0.2, -0.15) is 0 Å². The molecule has 2 nitrogen and oxygen atoms in total. The molecule has 0 spiro atoms. The third kappa shape index (κ3) is 5.69. The Hall–Kier alpha value is -1.15. The molecule has 0 atom stereocenters. The van der Waals surface area contributed by atoms with Crippen molar-refractivity contribution >= 4 is 30.5 Å². The van der Waals surface area contributed by atoms with Crippen molar-refractivity contribution in [1.82, 2.24) is 0 Å². The molecule has 0 heterocycles. The molecule has 2 aromatic carbocycles. The van der Waals surface area contributed by atoms with Crippen LogP contribution in [0.3, 0.4) is 0 Å². The first-order chi connectivity index (χ1) is 12.9. The number of halogens is 7. The van der Waals surface area contributed by atoms with Gasteiger partial charge in [0.1, 0.15) is 11.4 Å². The van der Waals surface area contributed by atoms with E-state index in [2.05, 4.69) is 4.99 Å². The zero-order valence-electron chi connectivity index (χ0n) is 15.3. The Morgan fingerprint density at radius 2 is 1.36 bits per heavy atom. The van der Waals surface area contributed by atoms with E-state index in [9.17, 15) is 27.1 Å². The van der Waals surface area contributed by atoms with Gasteiger partial charge in [0.25, 0.3) is 0 Å². The summed E-state index contributed by atoms with van der Waals surface area (Å²) in [6, 6.07) is 3.28. The van der Waals surface area contributed by atoms with Crippen molar-refractivity contribution in [2.45, 2.75) is 33.1 Å². The molecule has 28 heavy (non-hydrogen) atoms. The summed E-state index contributed by atoms with van der Waals surface area (Å²) >= 11 is -0.556. The molecule has 152 valence electrons. The second kappa shape index (κ2) is 10.1. The summed E-state index contributed by atoms with van der Waals surface area (Å²) in [7, 11) is 9.78. The van der Waals surface area contributed by atoms with E-state index in [0.29, 0.717) is 5.56 Å². The Morgan fingerprint density at radius 3 is 1.79 bits per heavy atom. The van der Waals surface area contributed by atoms with E-state index in [-0.39, 0.29) is 16.7 Å². The molecule has 10 heteroatoms. The topological polar surface area (TPSA) is 32.6 Å². The second-order valence-electron chi connectivity index (χ2n) is 6.73. The average Bonchev–Trinajstić information content (AvgIpc) is 2.61. The van der Waals surface area contributed by atoms with Crippen molar-refractivity contribution in [3.63, 3.8) is 0 Å². The number of benzene rings is 2. The molecule has 0 amide bonds. The molecule has 0 saturated heterocycles. The molecule has 2 rings (SSSR count). The molecule has 1 N–H and O–H groups in total. The fourth-order valence-electron chi connectivity index (χ4n) is 2.18. The van der Waals surface area contributed by atoms with E-state index in [4.69, 9.17) is 18.6 Å². The van der Waals surface area contributed by atoms with Crippen LogP contribution in [-0.2, 0) is 22.4 Å². The Balaban J connectivity index is 0.00000122. The minimum atomic E-state index is -2.25. The van der Waals surface area contributed by atoms with Crippen LogP contribution >= 0.6 is 18.6 Å². The summed E-state index contributed by atoms with van der Waals surface area (Å²) < 4.78 is 66.8. The molecule has 0 aromatic heterocycles. The van der Waals surface area contributed by atoms with Gasteiger partial charge in [0.2, 0.25) is 5.82 Å². The molecule has 0 aliphatic heterocycles. The van der Waals surface area contributed by atoms with Crippen LogP contribution in [0.4, 0.5) is 27.6 Å². The van der Waals surface area contributed by atoms with Gasteiger partial charge >= 0.3 is 35.6 Å². The van der Waals surface area contributed by atoms with Crippen molar-refractivity contribution in [3.8, 4) is 5.75 Å². The Labute approximate surface area is 176 Å². The second-order valence-corrected chi connectivity index (χ2v) is 9.31. The van der Waals surface area contributed by atoms with E-state index in [0.717, 1.165) is 11.8 Å². The quantitative estimate of drug-likeness (QED) is 0.167. The minimum absolute atomic E-state index is 0.105. The summed E-state index contributed by atoms with van der Waals surface area (Å²) in [6.07, 6.45) is 0.871. The molecule has 0 unspecified atom stereocenters. The molecule has 0 radical (unpaired) electrons. The normalized spacial score (nSPS) is 11.4. The number of phenolic OH excluding ortho intramolecular Hbond substituents is 1. The summed E-state index contributed by atoms with van der Waals surface area (Å²) in [4.78, 5) is 3.38. The maximum atomic E-state index is 13.7. The summed E-state index contributed by atoms with van der Waals surface area (Å²) in [5, 5.41) is 10.1. The molecule has 0 saturated carbocycles. The SMILES string of the molecule is Cc1cc(C(C)(C)C)cc(C=Nc2c(F)c(F)c(F)c(F)c2F)c1O.[Cl][Ti][Cl]. The van der Waals surface area contributed by atoms with E-state index in [1.54, 1.807) is 13.0 Å². The van der Waals surface area contributed by atoms with Gasteiger partial charge in [-0.05, 0) is 29.5 Å². The number of hydrogen-bond acceptors (Lipinski definition) is 2.